The second-order valence-electron chi connectivity index (χ2n) is 8.75. The molecule has 6 heteroatoms. The lowest BCUT2D eigenvalue weighted by atomic mass is 9.90. The van der Waals surface area contributed by atoms with Crippen LogP contribution in [0.1, 0.15) is 47.9 Å². The number of hydrogen-bond acceptors (Lipinski definition) is 4. The molecule has 0 radical (unpaired) electrons. The summed E-state index contributed by atoms with van der Waals surface area (Å²) in [6.07, 6.45) is 3.71. The van der Waals surface area contributed by atoms with Crippen LogP contribution in [0.4, 0.5) is 0 Å². The van der Waals surface area contributed by atoms with Crippen LogP contribution in [0.15, 0.2) is 36.4 Å². The molecule has 1 saturated carbocycles. The van der Waals surface area contributed by atoms with Gasteiger partial charge in [0.2, 0.25) is 0 Å². The molecule has 2 unspecified atom stereocenters. The van der Waals surface area contributed by atoms with Gasteiger partial charge in [-0.15, -0.1) is 0 Å². The highest BCUT2D eigenvalue weighted by Gasteiger charge is 2.28. The molecule has 0 bridgehead atoms. The van der Waals surface area contributed by atoms with E-state index < -0.39 is 0 Å². The molecule has 2 N–H and O–H groups in total. The van der Waals surface area contributed by atoms with Gasteiger partial charge in [0.15, 0.2) is 13.2 Å². The van der Waals surface area contributed by atoms with E-state index in [9.17, 15) is 9.59 Å². The Kier molecular flexibility index (Phi) is 8.14. The van der Waals surface area contributed by atoms with Crippen molar-refractivity contribution in [1.29, 1.82) is 0 Å². The van der Waals surface area contributed by atoms with E-state index in [2.05, 4.69) is 10.6 Å². The number of aryl methyl sites for hydroxylation is 4. The average Bonchev–Trinajstić information content (AvgIpc) is 2.74. The van der Waals surface area contributed by atoms with Crippen molar-refractivity contribution in [3.63, 3.8) is 0 Å². The van der Waals surface area contributed by atoms with Gasteiger partial charge >= 0.3 is 0 Å². The van der Waals surface area contributed by atoms with Gasteiger partial charge in [-0.3, -0.25) is 9.59 Å². The van der Waals surface area contributed by atoms with E-state index in [0.717, 1.165) is 47.9 Å². The summed E-state index contributed by atoms with van der Waals surface area (Å²) in [7, 11) is 0. The maximum Gasteiger partial charge on any atom is 0.258 e. The molecule has 0 spiro atoms. The van der Waals surface area contributed by atoms with E-state index in [1.54, 1.807) is 0 Å². The van der Waals surface area contributed by atoms with Gasteiger partial charge in [0.05, 0.1) is 0 Å². The van der Waals surface area contributed by atoms with Crippen LogP contribution >= 0.6 is 0 Å². The van der Waals surface area contributed by atoms with Gasteiger partial charge in [-0.1, -0.05) is 48.2 Å². The van der Waals surface area contributed by atoms with E-state index >= 15 is 0 Å². The van der Waals surface area contributed by atoms with Crippen molar-refractivity contribution in [1.82, 2.24) is 10.6 Å². The third-order valence-electron chi connectivity index (χ3n) is 5.84. The van der Waals surface area contributed by atoms with Crippen molar-refractivity contribution in [3.8, 4) is 11.5 Å². The first kappa shape index (κ1) is 23.6. The Morgan fingerprint density at radius 3 is 1.53 bits per heavy atom. The number of rotatable bonds is 8. The highest BCUT2D eigenvalue weighted by Crippen LogP contribution is 2.21. The molecule has 172 valence electrons. The third kappa shape index (κ3) is 6.74. The largest absolute Gasteiger partial charge is 0.484 e. The molecule has 0 saturated heterocycles. The molecule has 1 aliphatic carbocycles. The number of ether oxygens (including phenoxy) is 2. The Morgan fingerprint density at radius 1 is 0.750 bits per heavy atom. The molecule has 2 aromatic rings. The van der Waals surface area contributed by atoms with E-state index in [1.165, 1.54) is 0 Å². The van der Waals surface area contributed by atoms with Crippen LogP contribution in [-0.4, -0.2) is 37.1 Å². The van der Waals surface area contributed by atoms with Crippen LogP contribution < -0.4 is 20.1 Å². The predicted molar refractivity (Wildman–Crippen MR) is 125 cm³/mol. The first-order valence-corrected chi connectivity index (χ1v) is 11.3. The summed E-state index contributed by atoms with van der Waals surface area (Å²) in [5.74, 6) is 1.07. The second kappa shape index (κ2) is 11.0. The summed E-state index contributed by atoms with van der Waals surface area (Å²) in [4.78, 5) is 25.0. The Balaban J connectivity index is 1.48. The van der Waals surface area contributed by atoms with Gasteiger partial charge < -0.3 is 20.1 Å². The topological polar surface area (TPSA) is 76.7 Å². The Bertz CT molecular complexity index is 879. The number of amides is 2. The van der Waals surface area contributed by atoms with Crippen molar-refractivity contribution in [2.75, 3.05) is 13.2 Å². The molecule has 0 aromatic heterocycles. The summed E-state index contributed by atoms with van der Waals surface area (Å²) >= 11 is 0. The van der Waals surface area contributed by atoms with Gasteiger partial charge in [-0.2, -0.15) is 0 Å². The maximum absolute atomic E-state index is 12.5. The van der Waals surface area contributed by atoms with E-state index in [1.807, 2.05) is 64.1 Å². The van der Waals surface area contributed by atoms with Crippen LogP contribution in [0.5, 0.6) is 11.5 Å². The fourth-order valence-electron chi connectivity index (χ4n) is 4.18. The number of carbonyl (C=O) groups is 2. The van der Waals surface area contributed by atoms with Gasteiger partial charge in [0.25, 0.3) is 11.8 Å². The van der Waals surface area contributed by atoms with Crippen LogP contribution in [0.3, 0.4) is 0 Å². The molecule has 0 aliphatic heterocycles. The minimum atomic E-state index is -0.178. The smallest absolute Gasteiger partial charge is 0.258 e. The summed E-state index contributed by atoms with van der Waals surface area (Å²) < 4.78 is 11.4. The molecule has 3 rings (SSSR count). The van der Waals surface area contributed by atoms with Crippen LogP contribution in [0, 0.1) is 27.7 Å². The molecule has 2 amide bonds. The zero-order chi connectivity index (χ0) is 23.1. The van der Waals surface area contributed by atoms with Crippen LogP contribution in [0.2, 0.25) is 0 Å². The van der Waals surface area contributed by atoms with E-state index in [4.69, 9.17) is 9.47 Å². The lowest BCUT2D eigenvalue weighted by molar-refractivity contribution is -0.127. The van der Waals surface area contributed by atoms with Crippen molar-refractivity contribution >= 4 is 11.8 Å². The normalized spacial score (nSPS) is 18.0. The van der Waals surface area contributed by atoms with Gasteiger partial charge in [-0.25, -0.2) is 0 Å². The maximum atomic E-state index is 12.5. The third-order valence-corrected chi connectivity index (χ3v) is 5.84. The second-order valence-corrected chi connectivity index (χ2v) is 8.75. The first-order chi connectivity index (χ1) is 15.3. The first-order valence-electron chi connectivity index (χ1n) is 11.3. The highest BCUT2D eigenvalue weighted by molar-refractivity contribution is 5.79. The SMILES string of the molecule is Cc1ccc(OCC(=O)NC2CCCCC2NC(=O)COc2ccc(C)cc2C)c(C)c1. The lowest BCUT2D eigenvalue weighted by Gasteiger charge is -2.32. The summed E-state index contributed by atoms with van der Waals surface area (Å²) in [5, 5.41) is 6.09. The summed E-state index contributed by atoms with van der Waals surface area (Å²) in [6.45, 7) is 7.88. The van der Waals surface area contributed by atoms with Crippen molar-refractivity contribution in [2.45, 2.75) is 65.5 Å². The number of hydrogen-bond donors (Lipinski definition) is 2. The van der Waals surface area contributed by atoms with Gasteiger partial charge in [0.1, 0.15) is 11.5 Å². The monoisotopic (exact) mass is 438 g/mol. The molecule has 1 aliphatic rings. The fourth-order valence-corrected chi connectivity index (χ4v) is 4.18. The molecular weight excluding hydrogens is 404 g/mol. The highest BCUT2D eigenvalue weighted by atomic mass is 16.5. The molecule has 2 atom stereocenters. The zero-order valence-electron chi connectivity index (χ0n) is 19.5. The van der Waals surface area contributed by atoms with Crippen LogP contribution in [-0.2, 0) is 9.59 Å². The zero-order valence-corrected chi connectivity index (χ0v) is 19.5. The summed E-state index contributed by atoms with van der Waals surface area (Å²) in [5.41, 5.74) is 4.32. The molecule has 32 heavy (non-hydrogen) atoms. The van der Waals surface area contributed by atoms with Gasteiger partial charge in [-0.05, 0) is 63.8 Å². The Hall–Kier alpha value is -3.02. The fraction of sp³-hybridized carbons (Fsp3) is 0.462. The predicted octanol–water partition coefficient (Wildman–Crippen LogP) is 3.92. The average molecular weight is 439 g/mol. The Morgan fingerprint density at radius 2 is 1.16 bits per heavy atom. The van der Waals surface area contributed by atoms with Crippen molar-refractivity contribution in [2.24, 2.45) is 0 Å². The quantitative estimate of drug-likeness (QED) is 0.655. The number of benzene rings is 2. The van der Waals surface area contributed by atoms with Crippen LogP contribution in [0.25, 0.3) is 0 Å². The molecule has 0 heterocycles. The van der Waals surface area contributed by atoms with E-state index in [0.29, 0.717) is 11.5 Å². The minimum Gasteiger partial charge on any atom is -0.484 e. The molecular formula is C26H34N2O4. The van der Waals surface area contributed by atoms with Crippen molar-refractivity contribution in [3.05, 3.63) is 58.7 Å². The summed E-state index contributed by atoms with van der Waals surface area (Å²) in [6, 6.07) is 11.5. The van der Waals surface area contributed by atoms with E-state index in [-0.39, 0.29) is 37.1 Å². The molecule has 1 fully saturated rings. The minimum absolute atomic E-state index is 0.0448. The Labute approximate surface area is 190 Å². The number of nitrogens with one attached hydrogen (secondary N) is 2. The standard InChI is InChI=1S/C26H34N2O4/c1-17-9-11-23(19(3)13-17)31-15-25(29)27-21-7-5-6-8-22(21)28-26(30)16-32-24-12-10-18(2)14-20(24)4/h9-14,21-22H,5-8,15-16H2,1-4H3,(H,27,29)(H,28,30). The van der Waals surface area contributed by atoms with Crippen molar-refractivity contribution < 1.29 is 19.1 Å². The molecule has 6 nitrogen and oxygen atoms in total. The molecule has 2 aromatic carbocycles. The van der Waals surface area contributed by atoms with Gasteiger partial charge in [0, 0.05) is 12.1 Å². The number of carbonyl (C=O) groups excluding carboxylic acids is 2. The lowest BCUT2D eigenvalue weighted by Crippen LogP contribution is -2.54.